The number of fused-ring (bicyclic) bond motifs is 1. The third-order valence-corrected chi connectivity index (χ3v) is 5.94. The number of ether oxygens (including phenoxy) is 1. The maximum atomic E-state index is 6.47. The van der Waals surface area contributed by atoms with Gasteiger partial charge in [-0.15, -0.1) is 0 Å². The molecule has 1 saturated carbocycles. The van der Waals surface area contributed by atoms with Gasteiger partial charge < -0.3 is 15.4 Å². The van der Waals surface area contributed by atoms with E-state index in [1.165, 1.54) is 24.0 Å². The van der Waals surface area contributed by atoms with E-state index in [1.54, 1.807) is 0 Å². The van der Waals surface area contributed by atoms with Gasteiger partial charge in [-0.2, -0.15) is 5.10 Å². The molecular formula is C22H31N5O. The van der Waals surface area contributed by atoms with Crippen molar-refractivity contribution in [3.63, 3.8) is 0 Å². The molecule has 1 fully saturated rings. The maximum absolute atomic E-state index is 6.47. The molecule has 0 bridgehead atoms. The first kappa shape index (κ1) is 18.8. The summed E-state index contributed by atoms with van der Waals surface area (Å²) in [4.78, 5) is 4.46. The Morgan fingerprint density at radius 3 is 2.89 bits per heavy atom. The Bertz CT molecular complexity index is 822. The molecule has 0 radical (unpaired) electrons. The second kappa shape index (κ2) is 8.25. The Labute approximate surface area is 167 Å². The molecule has 2 aliphatic rings. The number of guanidine groups is 1. The van der Waals surface area contributed by atoms with E-state index in [4.69, 9.17) is 4.74 Å². The molecule has 0 amide bonds. The van der Waals surface area contributed by atoms with Crippen molar-refractivity contribution in [2.24, 2.45) is 12.0 Å². The lowest BCUT2D eigenvalue weighted by atomic mass is 9.86. The molecule has 2 N–H and O–H groups in total. The number of para-hydroxylation sites is 1. The summed E-state index contributed by atoms with van der Waals surface area (Å²) in [5, 5.41) is 11.4. The highest BCUT2D eigenvalue weighted by Crippen LogP contribution is 2.46. The Morgan fingerprint density at radius 1 is 1.32 bits per heavy atom. The zero-order valence-corrected chi connectivity index (χ0v) is 16.9. The van der Waals surface area contributed by atoms with Crippen LogP contribution in [-0.2, 0) is 13.5 Å². The molecule has 0 saturated heterocycles. The quantitative estimate of drug-likeness (QED) is 0.474. The van der Waals surface area contributed by atoms with Crippen LogP contribution in [0, 0.1) is 0 Å². The summed E-state index contributed by atoms with van der Waals surface area (Å²) in [6.45, 7) is 0.880. The number of aryl methyl sites for hydroxylation is 2. The minimum absolute atomic E-state index is 0.00875. The first-order chi connectivity index (χ1) is 13.7. The molecule has 1 aliphatic carbocycles. The molecule has 1 unspecified atom stereocenters. The fraction of sp³-hybridized carbons (Fsp3) is 0.545. The molecular weight excluding hydrogens is 350 g/mol. The molecule has 1 aromatic heterocycles. The van der Waals surface area contributed by atoms with Gasteiger partial charge in [-0.3, -0.25) is 9.67 Å². The van der Waals surface area contributed by atoms with Gasteiger partial charge in [0.2, 0.25) is 0 Å². The number of nitrogens with one attached hydrogen (secondary N) is 2. The van der Waals surface area contributed by atoms with Gasteiger partial charge in [0.05, 0.1) is 12.2 Å². The molecule has 150 valence electrons. The predicted octanol–water partition coefficient (Wildman–Crippen LogP) is 3.35. The average Bonchev–Trinajstić information content (AvgIpc) is 3.33. The molecule has 1 spiro atoms. The fourth-order valence-corrected chi connectivity index (χ4v) is 4.53. The Hall–Kier alpha value is -2.50. The monoisotopic (exact) mass is 381 g/mol. The van der Waals surface area contributed by atoms with E-state index in [1.807, 2.05) is 25.0 Å². The van der Waals surface area contributed by atoms with Crippen LogP contribution in [0.15, 0.2) is 41.7 Å². The van der Waals surface area contributed by atoms with Crippen molar-refractivity contribution >= 4 is 5.96 Å². The minimum Gasteiger partial charge on any atom is -0.487 e. The highest BCUT2D eigenvalue weighted by Gasteiger charge is 2.43. The van der Waals surface area contributed by atoms with Crippen molar-refractivity contribution < 1.29 is 4.74 Å². The zero-order chi connectivity index (χ0) is 19.4. The van der Waals surface area contributed by atoms with Crippen molar-refractivity contribution in [3.8, 4) is 5.75 Å². The van der Waals surface area contributed by atoms with Gasteiger partial charge in [0, 0.05) is 38.8 Å². The number of aromatic nitrogens is 2. The Balaban J connectivity index is 1.37. The first-order valence-corrected chi connectivity index (χ1v) is 10.4. The summed E-state index contributed by atoms with van der Waals surface area (Å²) in [6, 6.07) is 8.66. The lowest BCUT2D eigenvalue weighted by Crippen LogP contribution is -2.46. The molecule has 6 nitrogen and oxygen atoms in total. The van der Waals surface area contributed by atoms with Gasteiger partial charge in [-0.25, -0.2) is 0 Å². The van der Waals surface area contributed by atoms with Crippen molar-refractivity contribution in [2.75, 3.05) is 13.6 Å². The van der Waals surface area contributed by atoms with E-state index in [-0.39, 0.29) is 11.6 Å². The molecule has 1 aromatic carbocycles. The maximum Gasteiger partial charge on any atom is 0.191 e. The largest absolute Gasteiger partial charge is 0.487 e. The van der Waals surface area contributed by atoms with Crippen LogP contribution in [0.2, 0.25) is 0 Å². The number of hydrogen-bond donors (Lipinski definition) is 2. The topological polar surface area (TPSA) is 63.5 Å². The summed E-state index contributed by atoms with van der Waals surface area (Å²) in [5.74, 6) is 1.89. The predicted molar refractivity (Wildman–Crippen MR) is 112 cm³/mol. The van der Waals surface area contributed by atoms with Gasteiger partial charge in [-0.05, 0) is 50.2 Å². The average molecular weight is 382 g/mol. The molecule has 1 aliphatic heterocycles. The van der Waals surface area contributed by atoms with E-state index in [0.29, 0.717) is 0 Å². The van der Waals surface area contributed by atoms with E-state index in [2.05, 4.69) is 51.2 Å². The molecule has 6 heteroatoms. The Morgan fingerprint density at radius 2 is 2.14 bits per heavy atom. The van der Waals surface area contributed by atoms with Crippen molar-refractivity contribution in [3.05, 3.63) is 47.8 Å². The van der Waals surface area contributed by atoms with Crippen LogP contribution in [0.25, 0.3) is 0 Å². The third kappa shape index (κ3) is 4.16. The SMILES string of the molecule is CN=C(NCCCc1cnn(C)c1)NC1CC2(CCCC2)Oc2ccccc21. The van der Waals surface area contributed by atoms with E-state index in [9.17, 15) is 0 Å². The first-order valence-electron chi connectivity index (χ1n) is 10.4. The van der Waals surface area contributed by atoms with Crippen LogP contribution in [-0.4, -0.2) is 34.9 Å². The van der Waals surface area contributed by atoms with Crippen LogP contribution in [0.1, 0.15) is 55.7 Å². The highest BCUT2D eigenvalue weighted by molar-refractivity contribution is 5.80. The van der Waals surface area contributed by atoms with Gasteiger partial charge in [-0.1, -0.05) is 18.2 Å². The van der Waals surface area contributed by atoms with Crippen molar-refractivity contribution in [1.82, 2.24) is 20.4 Å². The van der Waals surface area contributed by atoms with Gasteiger partial charge in [0.15, 0.2) is 5.96 Å². The van der Waals surface area contributed by atoms with Gasteiger partial charge in [0.1, 0.15) is 11.4 Å². The number of nitrogens with zero attached hydrogens (tertiary/aromatic N) is 3. The van der Waals surface area contributed by atoms with E-state index < -0.39 is 0 Å². The Kier molecular flexibility index (Phi) is 5.55. The second-order valence-corrected chi connectivity index (χ2v) is 8.06. The van der Waals surface area contributed by atoms with Crippen LogP contribution < -0.4 is 15.4 Å². The normalized spacial score (nSPS) is 20.6. The summed E-state index contributed by atoms with van der Waals surface area (Å²) in [5.41, 5.74) is 2.50. The molecule has 28 heavy (non-hydrogen) atoms. The number of rotatable bonds is 5. The molecule has 2 heterocycles. The summed E-state index contributed by atoms with van der Waals surface area (Å²) >= 11 is 0. The third-order valence-electron chi connectivity index (χ3n) is 5.94. The summed E-state index contributed by atoms with van der Waals surface area (Å²) < 4.78 is 8.32. The van der Waals surface area contributed by atoms with Crippen LogP contribution >= 0.6 is 0 Å². The van der Waals surface area contributed by atoms with Crippen molar-refractivity contribution in [2.45, 2.75) is 56.6 Å². The minimum atomic E-state index is -0.00875. The summed E-state index contributed by atoms with van der Waals surface area (Å²) in [6.07, 6.45) is 11.9. The lowest BCUT2D eigenvalue weighted by Gasteiger charge is -2.40. The number of benzene rings is 1. The van der Waals surface area contributed by atoms with Crippen molar-refractivity contribution in [1.29, 1.82) is 0 Å². The standard InChI is InChI=1S/C22H31N5O/c1-23-21(24-13-7-8-17-15-25-27(2)16-17)26-19-14-22(11-5-6-12-22)28-20-10-4-3-9-18(19)20/h3-4,9-10,15-16,19H,5-8,11-14H2,1-2H3,(H2,23,24,26). The van der Waals surface area contributed by atoms with Gasteiger partial charge in [0.25, 0.3) is 0 Å². The van der Waals surface area contributed by atoms with Gasteiger partial charge >= 0.3 is 0 Å². The highest BCUT2D eigenvalue weighted by atomic mass is 16.5. The van der Waals surface area contributed by atoms with Crippen LogP contribution in [0.4, 0.5) is 0 Å². The molecule has 2 aromatic rings. The zero-order valence-electron chi connectivity index (χ0n) is 16.9. The number of hydrogen-bond acceptors (Lipinski definition) is 3. The summed E-state index contributed by atoms with van der Waals surface area (Å²) in [7, 11) is 3.80. The van der Waals surface area contributed by atoms with Crippen LogP contribution in [0.3, 0.4) is 0 Å². The smallest absolute Gasteiger partial charge is 0.191 e. The molecule has 4 rings (SSSR count). The molecule has 1 atom stereocenters. The second-order valence-electron chi connectivity index (χ2n) is 8.06. The lowest BCUT2D eigenvalue weighted by molar-refractivity contribution is 0.0396. The fourth-order valence-electron chi connectivity index (χ4n) is 4.53. The van der Waals surface area contributed by atoms with E-state index >= 15 is 0 Å². The van der Waals surface area contributed by atoms with E-state index in [0.717, 1.165) is 50.4 Å². The number of aliphatic imine (C=N–C) groups is 1. The van der Waals surface area contributed by atoms with Crippen LogP contribution in [0.5, 0.6) is 5.75 Å².